The van der Waals surface area contributed by atoms with Crippen molar-refractivity contribution in [2.24, 2.45) is 0 Å². The van der Waals surface area contributed by atoms with Crippen LogP contribution in [0.1, 0.15) is 23.3 Å². The Hall–Kier alpha value is -0.700. The van der Waals surface area contributed by atoms with Crippen LogP contribution in [0.15, 0.2) is 28.8 Å². The Balaban J connectivity index is 0.00000161. The van der Waals surface area contributed by atoms with E-state index in [2.05, 4.69) is 68.2 Å². The lowest BCUT2D eigenvalue weighted by Gasteiger charge is -2.30. The molecular weight excluding hydrogens is 403 g/mol. The van der Waals surface area contributed by atoms with E-state index in [9.17, 15) is 0 Å². The molecule has 1 fully saturated rings. The minimum atomic E-state index is 0. The lowest BCUT2D eigenvalue weighted by Crippen LogP contribution is -2.44. The molecule has 1 aromatic heterocycles. The number of rotatable bonds is 3. The van der Waals surface area contributed by atoms with Crippen molar-refractivity contribution < 1.29 is 4.52 Å². The summed E-state index contributed by atoms with van der Waals surface area (Å²) in [6.45, 7) is 2.89. The van der Waals surface area contributed by atoms with Crippen molar-refractivity contribution in [3.8, 4) is 0 Å². The first-order valence-corrected chi connectivity index (χ1v) is 7.78. The molecule has 0 saturated carbocycles. The van der Waals surface area contributed by atoms with Gasteiger partial charge in [0, 0.05) is 23.2 Å². The van der Waals surface area contributed by atoms with E-state index >= 15 is 0 Å². The van der Waals surface area contributed by atoms with E-state index in [-0.39, 0.29) is 18.4 Å². The zero-order valence-corrected chi connectivity index (χ0v) is 14.7. The van der Waals surface area contributed by atoms with Crippen molar-refractivity contribution in [2.45, 2.75) is 12.5 Å². The molecule has 1 aliphatic rings. The van der Waals surface area contributed by atoms with E-state index in [0.29, 0.717) is 12.3 Å². The van der Waals surface area contributed by atoms with Crippen LogP contribution in [0.5, 0.6) is 0 Å². The number of nitrogens with one attached hydrogen (secondary N) is 1. The van der Waals surface area contributed by atoms with Gasteiger partial charge in [-0.2, -0.15) is 4.98 Å². The van der Waals surface area contributed by atoms with Crippen LogP contribution in [-0.2, 0) is 6.42 Å². The van der Waals surface area contributed by atoms with Crippen molar-refractivity contribution >= 4 is 35.0 Å². The average Bonchev–Trinajstić information content (AvgIpc) is 2.87. The van der Waals surface area contributed by atoms with Crippen molar-refractivity contribution in [3.05, 3.63) is 45.1 Å². The van der Waals surface area contributed by atoms with Crippen LogP contribution in [0.3, 0.4) is 0 Å². The first-order valence-electron chi connectivity index (χ1n) is 6.70. The van der Waals surface area contributed by atoms with Crippen LogP contribution < -0.4 is 5.32 Å². The minimum absolute atomic E-state index is 0. The highest BCUT2D eigenvalue weighted by atomic mass is 127. The molecule has 0 radical (unpaired) electrons. The predicted octanol–water partition coefficient (Wildman–Crippen LogP) is 2.26. The van der Waals surface area contributed by atoms with Gasteiger partial charge in [-0.25, -0.2) is 0 Å². The Labute approximate surface area is 144 Å². The van der Waals surface area contributed by atoms with E-state index in [0.717, 1.165) is 25.5 Å². The lowest BCUT2D eigenvalue weighted by molar-refractivity contribution is 0.190. The molecule has 21 heavy (non-hydrogen) atoms. The number of nitrogens with zero attached hydrogens (tertiary/aromatic N) is 3. The quantitative estimate of drug-likeness (QED) is 0.772. The van der Waals surface area contributed by atoms with Crippen LogP contribution in [0.2, 0.25) is 0 Å². The number of hydrogen-bond acceptors (Lipinski definition) is 5. The van der Waals surface area contributed by atoms with Gasteiger partial charge in [-0.1, -0.05) is 17.3 Å². The van der Waals surface area contributed by atoms with Gasteiger partial charge in [0.15, 0.2) is 5.82 Å². The van der Waals surface area contributed by atoms with Crippen LogP contribution in [-0.4, -0.2) is 41.7 Å². The molecule has 7 heteroatoms. The van der Waals surface area contributed by atoms with E-state index in [1.807, 2.05) is 6.07 Å². The summed E-state index contributed by atoms with van der Waals surface area (Å²) >= 11 is 2.31. The normalized spacial score (nSPS) is 19.2. The molecule has 1 atom stereocenters. The summed E-state index contributed by atoms with van der Waals surface area (Å²) in [4.78, 5) is 6.81. The Morgan fingerprint density at radius 1 is 1.48 bits per heavy atom. The third-order valence-electron chi connectivity index (χ3n) is 3.54. The van der Waals surface area contributed by atoms with Crippen molar-refractivity contribution in [3.63, 3.8) is 0 Å². The molecule has 0 bridgehead atoms. The summed E-state index contributed by atoms with van der Waals surface area (Å²) in [5.41, 5.74) is 1.20. The largest absolute Gasteiger partial charge is 0.339 e. The minimum Gasteiger partial charge on any atom is -0.339 e. The van der Waals surface area contributed by atoms with E-state index in [1.54, 1.807) is 0 Å². The second-order valence-corrected chi connectivity index (χ2v) is 6.30. The second-order valence-electron chi connectivity index (χ2n) is 5.05. The molecule has 3 rings (SSSR count). The Kier molecular flexibility index (Phi) is 5.98. The summed E-state index contributed by atoms with van der Waals surface area (Å²) in [5, 5.41) is 7.51. The van der Waals surface area contributed by atoms with Gasteiger partial charge in [0.2, 0.25) is 5.89 Å². The van der Waals surface area contributed by atoms with Gasteiger partial charge in [-0.05, 0) is 47.3 Å². The number of benzene rings is 1. The summed E-state index contributed by atoms with van der Waals surface area (Å²) in [6, 6.07) is 8.55. The maximum absolute atomic E-state index is 5.39. The molecule has 0 aliphatic carbocycles. The SMILES string of the molecule is CN1CCNCC1c1noc(Cc2cccc(I)c2)n1.Cl. The topological polar surface area (TPSA) is 54.2 Å². The number of hydrogen-bond donors (Lipinski definition) is 1. The summed E-state index contributed by atoms with van der Waals surface area (Å²) < 4.78 is 6.61. The molecule has 0 spiro atoms. The first kappa shape index (κ1) is 16.7. The van der Waals surface area contributed by atoms with E-state index in [4.69, 9.17) is 4.52 Å². The fourth-order valence-corrected chi connectivity index (χ4v) is 3.00. The van der Waals surface area contributed by atoms with Gasteiger partial charge in [-0.15, -0.1) is 12.4 Å². The third-order valence-corrected chi connectivity index (χ3v) is 4.21. The van der Waals surface area contributed by atoms with Crippen molar-refractivity contribution in [1.82, 2.24) is 20.4 Å². The summed E-state index contributed by atoms with van der Waals surface area (Å²) in [6.07, 6.45) is 0.688. The smallest absolute Gasteiger partial charge is 0.231 e. The monoisotopic (exact) mass is 420 g/mol. The number of halogens is 2. The lowest BCUT2D eigenvalue weighted by atomic mass is 10.1. The van der Waals surface area contributed by atoms with Crippen molar-refractivity contribution in [2.75, 3.05) is 26.7 Å². The van der Waals surface area contributed by atoms with Gasteiger partial charge < -0.3 is 9.84 Å². The Bertz CT molecular complexity index is 592. The van der Waals surface area contributed by atoms with Crippen LogP contribution >= 0.6 is 35.0 Å². The highest BCUT2D eigenvalue weighted by Crippen LogP contribution is 2.19. The predicted molar refractivity (Wildman–Crippen MR) is 91.8 cm³/mol. The molecule has 114 valence electrons. The first-order chi connectivity index (χ1) is 9.72. The fourth-order valence-electron chi connectivity index (χ4n) is 2.39. The highest BCUT2D eigenvalue weighted by molar-refractivity contribution is 14.1. The molecule has 1 N–H and O–H groups in total. The van der Waals surface area contributed by atoms with Gasteiger partial charge >= 0.3 is 0 Å². The zero-order valence-electron chi connectivity index (χ0n) is 11.8. The van der Waals surface area contributed by atoms with Gasteiger partial charge in [0.1, 0.15) is 0 Å². The van der Waals surface area contributed by atoms with E-state index < -0.39 is 0 Å². The second kappa shape index (κ2) is 7.53. The fraction of sp³-hybridized carbons (Fsp3) is 0.429. The van der Waals surface area contributed by atoms with Crippen LogP contribution in [0.4, 0.5) is 0 Å². The van der Waals surface area contributed by atoms with E-state index in [1.165, 1.54) is 9.13 Å². The van der Waals surface area contributed by atoms with Gasteiger partial charge in [0.25, 0.3) is 0 Å². The Morgan fingerprint density at radius 2 is 2.33 bits per heavy atom. The molecule has 1 aliphatic heterocycles. The molecule has 5 nitrogen and oxygen atoms in total. The maximum atomic E-state index is 5.39. The van der Waals surface area contributed by atoms with Gasteiger partial charge in [-0.3, -0.25) is 4.90 Å². The molecular formula is C14H18ClIN4O. The van der Waals surface area contributed by atoms with Gasteiger partial charge in [0.05, 0.1) is 12.5 Å². The molecule has 2 heterocycles. The maximum Gasteiger partial charge on any atom is 0.231 e. The standard InChI is InChI=1S/C14H17IN4O.ClH/c1-19-6-5-16-9-12(19)14-17-13(20-18-14)8-10-3-2-4-11(15)7-10;/h2-4,7,12,16H,5-6,8-9H2,1H3;1H. The number of piperazine rings is 1. The molecule has 2 aromatic rings. The molecule has 1 unspecified atom stereocenters. The highest BCUT2D eigenvalue weighted by Gasteiger charge is 2.25. The average molecular weight is 421 g/mol. The third kappa shape index (κ3) is 4.15. The molecule has 0 amide bonds. The zero-order chi connectivity index (χ0) is 13.9. The Morgan fingerprint density at radius 3 is 3.10 bits per heavy atom. The van der Waals surface area contributed by atoms with Crippen LogP contribution in [0.25, 0.3) is 0 Å². The summed E-state index contributed by atoms with van der Waals surface area (Å²) in [7, 11) is 2.10. The summed E-state index contributed by atoms with van der Waals surface area (Å²) in [5.74, 6) is 1.46. The molecule has 1 aromatic carbocycles. The van der Waals surface area contributed by atoms with Crippen LogP contribution in [0, 0.1) is 3.57 Å². The number of likely N-dealkylation sites (N-methyl/N-ethyl adjacent to an activating group) is 1. The number of aromatic nitrogens is 2. The molecule has 1 saturated heterocycles. The van der Waals surface area contributed by atoms with Crippen molar-refractivity contribution in [1.29, 1.82) is 0 Å².